The lowest BCUT2D eigenvalue weighted by molar-refractivity contribution is 0.421. The molecule has 1 aromatic carbocycles. The molecule has 1 N–H and O–H groups in total. The van der Waals surface area contributed by atoms with Crippen LogP contribution in [-0.2, 0) is 0 Å². The molecule has 0 radical (unpaired) electrons. The van der Waals surface area contributed by atoms with E-state index in [4.69, 9.17) is 0 Å². The van der Waals surface area contributed by atoms with Gasteiger partial charge in [0.05, 0.1) is 0 Å². The third-order valence-corrected chi connectivity index (χ3v) is 5.72. The second kappa shape index (κ2) is 5.66. The van der Waals surface area contributed by atoms with Crippen LogP contribution in [0.25, 0.3) is 0 Å². The monoisotopic (exact) mass is 263 g/mol. The molecule has 2 unspecified atom stereocenters. The number of rotatable bonds is 4. The van der Waals surface area contributed by atoms with Crippen LogP contribution in [-0.4, -0.2) is 17.0 Å². The highest BCUT2D eigenvalue weighted by atomic mass is 32.2. The number of benzene rings is 1. The van der Waals surface area contributed by atoms with Crippen LogP contribution in [0.2, 0.25) is 0 Å². The fraction of sp³-hybridized carbons (Fsp3) is 0.625. The Morgan fingerprint density at radius 2 is 2.11 bits per heavy atom. The van der Waals surface area contributed by atoms with Crippen LogP contribution in [0.5, 0.6) is 0 Å². The summed E-state index contributed by atoms with van der Waals surface area (Å²) in [5.41, 5.74) is 4.25. The Bertz CT molecular complexity index is 408. The van der Waals surface area contributed by atoms with Gasteiger partial charge in [-0.3, -0.25) is 0 Å². The minimum atomic E-state index is 0.359. The number of aryl methyl sites for hydroxylation is 2. The van der Waals surface area contributed by atoms with Gasteiger partial charge in [-0.2, -0.15) is 11.8 Å². The van der Waals surface area contributed by atoms with Crippen molar-refractivity contribution in [2.45, 2.75) is 51.3 Å². The Kier molecular flexibility index (Phi) is 4.39. The molecule has 1 saturated heterocycles. The summed E-state index contributed by atoms with van der Waals surface area (Å²) in [5.74, 6) is 1.31. The van der Waals surface area contributed by atoms with Crippen LogP contribution in [0.1, 0.15) is 49.4 Å². The highest BCUT2D eigenvalue weighted by Gasteiger charge is 2.38. The maximum absolute atomic E-state index is 3.71. The van der Waals surface area contributed by atoms with Gasteiger partial charge in [-0.25, -0.2) is 0 Å². The molecule has 0 aromatic heterocycles. The summed E-state index contributed by atoms with van der Waals surface area (Å²) in [4.78, 5) is 0. The zero-order chi connectivity index (χ0) is 13.2. The molecule has 2 atom stereocenters. The van der Waals surface area contributed by atoms with E-state index in [-0.39, 0.29) is 0 Å². The number of hydrogen-bond acceptors (Lipinski definition) is 2. The van der Waals surface area contributed by atoms with E-state index in [1.807, 2.05) is 0 Å². The standard InChI is InChI=1S/C16H25NS/c1-5-17-15(16(4)9-6-10-18-16)14-8-7-12(2)13(3)11-14/h7-8,11,15,17H,5-6,9-10H2,1-4H3. The van der Waals surface area contributed by atoms with E-state index >= 15 is 0 Å². The molecule has 18 heavy (non-hydrogen) atoms. The molecule has 0 aliphatic carbocycles. The van der Waals surface area contributed by atoms with E-state index in [1.165, 1.54) is 35.3 Å². The van der Waals surface area contributed by atoms with Crippen molar-refractivity contribution in [1.29, 1.82) is 0 Å². The molecule has 1 aromatic rings. The van der Waals surface area contributed by atoms with Gasteiger partial charge in [0.15, 0.2) is 0 Å². The molecule has 0 spiro atoms. The number of nitrogens with one attached hydrogen (secondary N) is 1. The van der Waals surface area contributed by atoms with Gasteiger partial charge in [-0.05, 0) is 62.6 Å². The van der Waals surface area contributed by atoms with E-state index in [2.05, 4.69) is 63.0 Å². The van der Waals surface area contributed by atoms with E-state index in [1.54, 1.807) is 0 Å². The van der Waals surface area contributed by atoms with Gasteiger partial charge in [0, 0.05) is 10.8 Å². The zero-order valence-corrected chi connectivity index (χ0v) is 12.9. The third kappa shape index (κ3) is 2.75. The van der Waals surface area contributed by atoms with Gasteiger partial charge in [0.1, 0.15) is 0 Å². The van der Waals surface area contributed by atoms with Crippen molar-refractivity contribution in [3.05, 3.63) is 34.9 Å². The predicted octanol–water partition coefficient (Wildman–Crippen LogP) is 4.24. The first-order chi connectivity index (χ1) is 8.57. The molecule has 1 aliphatic heterocycles. The number of thioether (sulfide) groups is 1. The summed E-state index contributed by atoms with van der Waals surface area (Å²) < 4.78 is 0.359. The Morgan fingerprint density at radius 3 is 2.67 bits per heavy atom. The molecule has 0 saturated carbocycles. The second-order valence-electron chi connectivity index (χ2n) is 5.60. The molecule has 1 heterocycles. The van der Waals surface area contributed by atoms with Crippen molar-refractivity contribution in [2.24, 2.45) is 0 Å². The van der Waals surface area contributed by atoms with Gasteiger partial charge in [0.25, 0.3) is 0 Å². The average molecular weight is 263 g/mol. The molecular formula is C16H25NS. The largest absolute Gasteiger partial charge is 0.309 e. The normalized spacial score (nSPS) is 25.3. The van der Waals surface area contributed by atoms with Gasteiger partial charge in [-0.15, -0.1) is 0 Å². The molecular weight excluding hydrogens is 238 g/mol. The molecule has 1 aliphatic rings. The van der Waals surface area contributed by atoms with E-state index in [0.29, 0.717) is 10.8 Å². The molecule has 100 valence electrons. The predicted molar refractivity (Wildman–Crippen MR) is 82.4 cm³/mol. The highest BCUT2D eigenvalue weighted by Crippen LogP contribution is 2.46. The van der Waals surface area contributed by atoms with Crippen molar-refractivity contribution in [1.82, 2.24) is 5.32 Å². The minimum Gasteiger partial charge on any atom is -0.309 e. The van der Waals surface area contributed by atoms with Crippen LogP contribution in [0.15, 0.2) is 18.2 Å². The van der Waals surface area contributed by atoms with Gasteiger partial charge >= 0.3 is 0 Å². The zero-order valence-electron chi connectivity index (χ0n) is 12.0. The Labute approximate surface area is 116 Å². The fourth-order valence-electron chi connectivity index (χ4n) is 2.86. The van der Waals surface area contributed by atoms with Crippen LogP contribution in [0.3, 0.4) is 0 Å². The van der Waals surface area contributed by atoms with Gasteiger partial charge in [0.2, 0.25) is 0 Å². The van der Waals surface area contributed by atoms with Gasteiger partial charge < -0.3 is 5.32 Å². The fourth-order valence-corrected chi connectivity index (χ4v) is 4.29. The van der Waals surface area contributed by atoms with Crippen molar-refractivity contribution in [3.63, 3.8) is 0 Å². The SMILES string of the molecule is CCNC(c1ccc(C)c(C)c1)C1(C)CCCS1. The second-order valence-corrected chi connectivity index (χ2v) is 7.23. The summed E-state index contributed by atoms with van der Waals surface area (Å²) >= 11 is 2.14. The van der Waals surface area contributed by atoms with E-state index in [9.17, 15) is 0 Å². The quantitative estimate of drug-likeness (QED) is 0.872. The van der Waals surface area contributed by atoms with Crippen molar-refractivity contribution in [2.75, 3.05) is 12.3 Å². The first kappa shape index (κ1) is 14.0. The Hall–Kier alpha value is -0.470. The third-order valence-electron chi connectivity index (χ3n) is 4.13. The maximum Gasteiger partial charge on any atom is 0.0466 e. The van der Waals surface area contributed by atoms with Crippen molar-refractivity contribution >= 4 is 11.8 Å². The summed E-state index contributed by atoms with van der Waals surface area (Å²) in [7, 11) is 0. The van der Waals surface area contributed by atoms with Crippen LogP contribution in [0.4, 0.5) is 0 Å². The topological polar surface area (TPSA) is 12.0 Å². The molecule has 1 nitrogen and oxygen atoms in total. The van der Waals surface area contributed by atoms with E-state index in [0.717, 1.165) is 6.54 Å². The molecule has 0 bridgehead atoms. The summed E-state index contributed by atoms with van der Waals surface area (Å²) in [6.07, 6.45) is 2.68. The maximum atomic E-state index is 3.71. The lowest BCUT2D eigenvalue weighted by Gasteiger charge is -2.34. The van der Waals surface area contributed by atoms with Crippen molar-refractivity contribution < 1.29 is 0 Å². The molecule has 1 fully saturated rings. The summed E-state index contributed by atoms with van der Waals surface area (Å²) in [5, 5.41) is 3.71. The smallest absolute Gasteiger partial charge is 0.0466 e. The molecule has 2 rings (SSSR count). The average Bonchev–Trinajstić information content (AvgIpc) is 2.78. The van der Waals surface area contributed by atoms with Crippen LogP contribution >= 0.6 is 11.8 Å². The first-order valence-electron chi connectivity index (χ1n) is 7.01. The molecule has 0 amide bonds. The van der Waals surface area contributed by atoms with Gasteiger partial charge in [-0.1, -0.05) is 25.1 Å². The lowest BCUT2D eigenvalue weighted by Crippen LogP contribution is -2.37. The summed E-state index contributed by atoms with van der Waals surface area (Å²) in [6.45, 7) is 10.1. The first-order valence-corrected chi connectivity index (χ1v) is 8.00. The Morgan fingerprint density at radius 1 is 1.33 bits per heavy atom. The van der Waals surface area contributed by atoms with Crippen LogP contribution in [0, 0.1) is 13.8 Å². The van der Waals surface area contributed by atoms with Crippen molar-refractivity contribution in [3.8, 4) is 0 Å². The Balaban J connectivity index is 2.31. The lowest BCUT2D eigenvalue weighted by atomic mass is 9.89. The molecule has 2 heteroatoms. The van der Waals surface area contributed by atoms with Crippen LogP contribution < -0.4 is 5.32 Å². The van der Waals surface area contributed by atoms with E-state index < -0.39 is 0 Å². The summed E-state index contributed by atoms with van der Waals surface area (Å²) in [6, 6.07) is 7.42. The number of hydrogen-bond donors (Lipinski definition) is 1. The highest BCUT2D eigenvalue weighted by molar-refractivity contribution is 8.00. The minimum absolute atomic E-state index is 0.359.